The van der Waals surface area contributed by atoms with Crippen molar-refractivity contribution >= 4 is 11.6 Å². The Hall–Kier alpha value is -0.610. The molecule has 2 atom stereocenters. The molecule has 1 fully saturated rings. The van der Waals surface area contributed by atoms with Crippen molar-refractivity contribution in [3.8, 4) is 0 Å². The topological polar surface area (TPSA) is 47.3 Å². The molecule has 1 aliphatic heterocycles. The van der Waals surface area contributed by atoms with Crippen molar-refractivity contribution in [1.82, 2.24) is 5.43 Å². The van der Waals surface area contributed by atoms with Crippen LogP contribution in [-0.2, 0) is 4.74 Å². The lowest BCUT2D eigenvalue weighted by Gasteiger charge is -2.33. The normalized spacial score (nSPS) is 26.9. The molecule has 2 rings (SSSR count). The van der Waals surface area contributed by atoms with Gasteiger partial charge in [0, 0.05) is 11.6 Å². The predicted octanol–water partition coefficient (Wildman–Crippen LogP) is 2.41. The van der Waals surface area contributed by atoms with Crippen LogP contribution in [0.1, 0.15) is 31.4 Å². The first kappa shape index (κ1) is 11.9. The van der Waals surface area contributed by atoms with Crippen LogP contribution in [-0.4, -0.2) is 12.2 Å². The van der Waals surface area contributed by atoms with E-state index in [4.69, 9.17) is 22.2 Å². The number of halogens is 1. The van der Waals surface area contributed by atoms with E-state index in [0.29, 0.717) is 0 Å². The lowest BCUT2D eigenvalue weighted by atomic mass is 9.88. The fraction of sp³-hybridized carbons (Fsp3) is 0.500. The second-order valence-electron chi connectivity index (χ2n) is 4.39. The minimum atomic E-state index is -0.264. The van der Waals surface area contributed by atoms with Gasteiger partial charge in [-0.2, -0.15) is 0 Å². The lowest BCUT2D eigenvalue weighted by Crippen LogP contribution is -2.44. The van der Waals surface area contributed by atoms with E-state index in [1.807, 2.05) is 24.3 Å². The van der Waals surface area contributed by atoms with Crippen molar-refractivity contribution < 1.29 is 4.74 Å². The molecule has 88 valence electrons. The molecule has 3 nitrogen and oxygen atoms in total. The molecule has 0 bridgehead atoms. The molecule has 3 N–H and O–H groups in total. The molecular weight excluding hydrogens is 224 g/mol. The molecule has 0 saturated carbocycles. The molecule has 16 heavy (non-hydrogen) atoms. The summed E-state index contributed by atoms with van der Waals surface area (Å²) in [7, 11) is 0. The summed E-state index contributed by atoms with van der Waals surface area (Å²) >= 11 is 6.19. The first-order chi connectivity index (χ1) is 7.67. The predicted molar refractivity (Wildman–Crippen MR) is 65.1 cm³/mol. The van der Waals surface area contributed by atoms with Crippen molar-refractivity contribution in [2.75, 3.05) is 6.61 Å². The Morgan fingerprint density at radius 3 is 2.81 bits per heavy atom. The van der Waals surface area contributed by atoms with E-state index in [1.165, 1.54) is 0 Å². The van der Waals surface area contributed by atoms with Crippen molar-refractivity contribution in [2.45, 2.75) is 31.4 Å². The largest absolute Gasteiger partial charge is 0.373 e. The molecule has 1 aliphatic rings. The third-order valence-electron chi connectivity index (χ3n) is 3.24. The van der Waals surface area contributed by atoms with Gasteiger partial charge in [0.2, 0.25) is 0 Å². The van der Waals surface area contributed by atoms with Crippen LogP contribution in [0.2, 0.25) is 5.02 Å². The maximum atomic E-state index is 6.19. The summed E-state index contributed by atoms with van der Waals surface area (Å²) in [4.78, 5) is 0. The van der Waals surface area contributed by atoms with Crippen LogP contribution in [0.15, 0.2) is 24.3 Å². The van der Waals surface area contributed by atoms with Gasteiger partial charge in [0.1, 0.15) is 0 Å². The van der Waals surface area contributed by atoms with E-state index in [2.05, 4.69) is 12.3 Å². The molecule has 1 saturated heterocycles. The fourth-order valence-electron chi connectivity index (χ4n) is 2.33. The average molecular weight is 241 g/mol. The van der Waals surface area contributed by atoms with E-state index in [1.54, 1.807) is 0 Å². The van der Waals surface area contributed by atoms with Gasteiger partial charge in [-0.05, 0) is 31.4 Å². The molecule has 1 aromatic rings. The molecule has 0 spiro atoms. The highest BCUT2D eigenvalue weighted by Crippen LogP contribution is 2.39. The first-order valence-corrected chi connectivity index (χ1v) is 5.90. The SMILES string of the molecule is CC1(C(NN)c2ccccc2Cl)CCCO1. The second-order valence-corrected chi connectivity index (χ2v) is 4.79. The molecule has 4 heteroatoms. The van der Waals surface area contributed by atoms with Gasteiger partial charge in [0.15, 0.2) is 0 Å². The highest BCUT2D eigenvalue weighted by molar-refractivity contribution is 6.31. The van der Waals surface area contributed by atoms with E-state index in [0.717, 1.165) is 30.0 Å². The van der Waals surface area contributed by atoms with Gasteiger partial charge in [0.05, 0.1) is 11.6 Å². The van der Waals surface area contributed by atoms with E-state index in [-0.39, 0.29) is 11.6 Å². The highest BCUT2D eigenvalue weighted by atomic mass is 35.5. The first-order valence-electron chi connectivity index (χ1n) is 5.52. The van der Waals surface area contributed by atoms with Crippen LogP contribution in [0.5, 0.6) is 0 Å². The Morgan fingerprint density at radius 2 is 2.25 bits per heavy atom. The van der Waals surface area contributed by atoms with Gasteiger partial charge in [-0.3, -0.25) is 11.3 Å². The number of nitrogens with two attached hydrogens (primary N) is 1. The number of nitrogens with one attached hydrogen (secondary N) is 1. The number of hydrogen-bond acceptors (Lipinski definition) is 3. The van der Waals surface area contributed by atoms with Crippen LogP contribution in [0.25, 0.3) is 0 Å². The zero-order valence-corrected chi connectivity index (χ0v) is 10.1. The van der Waals surface area contributed by atoms with Crippen LogP contribution in [0.4, 0.5) is 0 Å². The van der Waals surface area contributed by atoms with Crippen molar-refractivity contribution in [3.63, 3.8) is 0 Å². The average Bonchev–Trinajstić information content (AvgIpc) is 2.70. The molecule has 2 unspecified atom stereocenters. The maximum absolute atomic E-state index is 6.19. The lowest BCUT2D eigenvalue weighted by molar-refractivity contribution is -0.0125. The van der Waals surface area contributed by atoms with E-state index < -0.39 is 0 Å². The molecule has 1 heterocycles. The highest BCUT2D eigenvalue weighted by Gasteiger charge is 2.39. The number of rotatable bonds is 3. The second kappa shape index (κ2) is 4.72. The van der Waals surface area contributed by atoms with Crippen molar-refractivity contribution in [2.24, 2.45) is 5.84 Å². The Morgan fingerprint density at radius 1 is 1.50 bits per heavy atom. The Kier molecular flexibility index (Phi) is 3.50. The monoisotopic (exact) mass is 240 g/mol. The minimum absolute atomic E-state index is 0.0660. The summed E-state index contributed by atoms with van der Waals surface area (Å²) in [6.07, 6.45) is 2.06. The molecule has 1 aromatic carbocycles. The Balaban J connectivity index is 2.32. The quantitative estimate of drug-likeness (QED) is 0.630. The van der Waals surface area contributed by atoms with Gasteiger partial charge in [-0.25, -0.2) is 0 Å². The van der Waals surface area contributed by atoms with Crippen LogP contribution >= 0.6 is 11.6 Å². The maximum Gasteiger partial charge on any atom is 0.0862 e. The smallest absolute Gasteiger partial charge is 0.0862 e. The van der Waals surface area contributed by atoms with Gasteiger partial charge in [0.25, 0.3) is 0 Å². The van der Waals surface area contributed by atoms with Gasteiger partial charge >= 0.3 is 0 Å². The van der Waals surface area contributed by atoms with Crippen LogP contribution in [0.3, 0.4) is 0 Å². The molecule has 0 amide bonds. The van der Waals surface area contributed by atoms with Crippen molar-refractivity contribution in [3.05, 3.63) is 34.9 Å². The van der Waals surface area contributed by atoms with Gasteiger partial charge < -0.3 is 4.74 Å². The molecule has 0 aliphatic carbocycles. The van der Waals surface area contributed by atoms with Crippen molar-refractivity contribution in [1.29, 1.82) is 0 Å². The van der Waals surface area contributed by atoms with Crippen LogP contribution < -0.4 is 11.3 Å². The summed E-state index contributed by atoms with van der Waals surface area (Å²) < 4.78 is 5.80. The zero-order chi connectivity index (χ0) is 11.6. The van der Waals surface area contributed by atoms with E-state index in [9.17, 15) is 0 Å². The summed E-state index contributed by atoms with van der Waals surface area (Å²) in [5, 5.41) is 0.724. The molecule has 0 aromatic heterocycles. The number of benzene rings is 1. The van der Waals surface area contributed by atoms with Crippen LogP contribution in [0, 0.1) is 0 Å². The summed E-state index contributed by atoms with van der Waals surface area (Å²) in [5.41, 5.74) is 3.56. The number of hydrogen-bond donors (Lipinski definition) is 2. The number of ether oxygens (including phenoxy) is 1. The summed E-state index contributed by atoms with van der Waals surface area (Å²) in [6, 6.07) is 7.67. The fourth-order valence-corrected chi connectivity index (χ4v) is 2.58. The Bertz CT molecular complexity index is 364. The molecular formula is C12H17ClN2O. The minimum Gasteiger partial charge on any atom is -0.373 e. The zero-order valence-electron chi connectivity index (χ0n) is 9.37. The van der Waals surface area contributed by atoms with Gasteiger partial charge in [-0.1, -0.05) is 29.8 Å². The van der Waals surface area contributed by atoms with E-state index >= 15 is 0 Å². The van der Waals surface area contributed by atoms with Gasteiger partial charge in [-0.15, -0.1) is 0 Å². The Labute approximate surface area is 101 Å². The summed E-state index contributed by atoms with van der Waals surface area (Å²) in [5.74, 6) is 5.65. The molecule has 0 radical (unpaired) electrons. The third-order valence-corrected chi connectivity index (χ3v) is 3.59. The number of hydrazine groups is 1. The summed E-state index contributed by atoms with van der Waals surface area (Å²) in [6.45, 7) is 2.87. The third kappa shape index (κ3) is 2.09. The standard InChI is InChI=1S/C12H17ClN2O/c1-12(7-4-8-16-12)11(15-14)9-5-2-3-6-10(9)13/h2-3,5-6,11,15H,4,7-8,14H2,1H3.